The van der Waals surface area contributed by atoms with Crippen molar-refractivity contribution in [2.24, 2.45) is 0 Å². The van der Waals surface area contributed by atoms with Gasteiger partial charge in [-0.1, -0.05) is 11.6 Å². The Morgan fingerprint density at radius 2 is 1.91 bits per heavy atom. The molecule has 0 spiro atoms. The van der Waals surface area contributed by atoms with Crippen LogP contribution in [0.25, 0.3) is 0 Å². The standard InChI is InChI=1S/C13H18ClNO7/c1-22-9-4-6(14)2-3-7(9)15-13(21)12(20)11(19)10(18)8(17)5-16/h2-4,8,10-12,16-20H,5H2,1H3,(H,15,21)/t8-,10-,11+,12-/m1/s1. The monoisotopic (exact) mass is 335 g/mol. The van der Waals surface area contributed by atoms with E-state index in [-0.39, 0.29) is 11.4 Å². The Kier molecular flexibility index (Phi) is 7.01. The fourth-order valence-corrected chi connectivity index (χ4v) is 1.81. The number of aliphatic hydroxyl groups excluding tert-OH is 5. The highest BCUT2D eigenvalue weighted by atomic mass is 35.5. The van der Waals surface area contributed by atoms with Gasteiger partial charge in [0.1, 0.15) is 24.1 Å². The molecule has 1 amide bonds. The van der Waals surface area contributed by atoms with Crippen LogP contribution in [-0.2, 0) is 4.79 Å². The highest BCUT2D eigenvalue weighted by Gasteiger charge is 2.34. The molecule has 124 valence electrons. The molecule has 0 aromatic heterocycles. The molecule has 0 aliphatic heterocycles. The Morgan fingerprint density at radius 3 is 2.45 bits per heavy atom. The van der Waals surface area contributed by atoms with E-state index in [1.54, 1.807) is 0 Å². The molecule has 6 N–H and O–H groups in total. The van der Waals surface area contributed by atoms with Crippen LogP contribution in [0.2, 0.25) is 5.02 Å². The van der Waals surface area contributed by atoms with Crippen molar-refractivity contribution in [2.45, 2.75) is 24.4 Å². The molecule has 0 aliphatic rings. The van der Waals surface area contributed by atoms with Crippen molar-refractivity contribution in [3.05, 3.63) is 23.2 Å². The SMILES string of the molecule is COc1cc(Cl)ccc1NC(=O)[C@H](O)[C@@H](O)[C@H](O)[C@H](O)CO. The predicted molar refractivity (Wildman–Crippen MR) is 77.7 cm³/mol. The predicted octanol–water partition coefficient (Wildman–Crippen LogP) is -1.28. The number of hydrogen-bond donors (Lipinski definition) is 6. The summed E-state index contributed by atoms with van der Waals surface area (Å²) in [5.74, 6) is -0.796. The maximum atomic E-state index is 11.9. The van der Waals surface area contributed by atoms with E-state index in [4.69, 9.17) is 21.4 Å². The number of carbonyl (C=O) groups is 1. The molecule has 0 heterocycles. The second kappa shape index (κ2) is 8.28. The zero-order valence-electron chi connectivity index (χ0n) is 11.7. The summed E-state index contributed by atoms with van der Waals surface area (Å²) in [4.78, 5) is 11.9. The number of carbonyl (C=O) groups excluding carboxylic acids is 1. The van der Waals surface area contributed by atoms with Gasteiger partial charge in [-0.25, -0.2) is 0 Å². The van der Waals surface area contributed by atoms with Crippen LogP contribution in [0.1, 0.15) is 0 Å². The molecule has 0 saturated carbocycles. The minimum atomic E-state index is -2.03. The minimum absolute atomic E-state index is 0.195. The molecule has 1 aromatic carbocycles. The molecule has 1 rings (SSSR count). The third-order valence-electron chi connectivity index (χ3n) is 2.94. The number of nitrogens with one attached hydrogen (secondary N) is 1. The third-order valence-corrected chi connectivity index (χ3v) is 3.18. The molecule has 0 aliphatic carbocycles. The molecule has 0 fully saturated rings. The maximum absolute atomic E-state index is 11.9. The number of aliphatic hydroxyl groups is 5. The molecule has 1 aromatic rings. The van der Waals surface area contributed by atoms with Crippen LogP contribution in [0, 0.1) is 0 Å². The van der Waals surface area contributed by atoms with Gasteiger partial charge in [-0.15, -0.1) is 0 Å². The highest BCUT2D eigenvalue weighted by Crippen LogP contribution is 2.28. The van der Waals surface area contributed by atoms with Crippen LogP contribution in [0.3, 0.4) is 0 Å². The summed E-state index contributed by atoms with van der Waals surface area (Å²) in [6.45, 7) is -0.836. The Morgan fingerprint density at radius 1 is 1.27 bits per heavy atom. The van der Waals surface area contributed by atoms with Gasteiger partial charge >= 0.3 is 0 Å². The van der Waals surface area contributed by atoms with Gasteiger partial charge < -0.3 is 35.6 Å². The number of benzene rings is 1. The average molecular weight is 336 g/mol. The zero-order valence-corrected chi connectivity index (χ0v) is 12.4. The van der Waals surface area contributed by atoms with Gasteiger partial charge in [-0.05, 0) is 12.1 Å². The van der Waals surface area contributed by atoms with E-state index >= 15 is 0 Å². The largest absolute Gasteiger partial charge is 0.495 e. The topological polar surface area (TPSA) is 139 Å². The van der Waals surface area contributed by atoms with Crippen molar-refractivity contribution in [2.75, 3.05) is 19.0 Å². The lowest BCUT2D eigenvalue weighted by atomic mass is 10.0. The second-order valence-electron chi connectivity index (χ2n) is 4.51. The first-order valence-corrected chi connectivity index (χ1v) is 6.67. The molecular formula is C13H18ClNO7. The molecule has 9 heteroatoms. The van der Waals surface area contributed by atoms with Gasteiger partial charge in [-0.2, -0.15) is 0 Å². The van der Waals surface area contributed by atoms with Crippen LogP contribution in [0.5, 0.6) is 5.75 Å². The van der Waals surface area contributed by atoms with Crippen LogP contribution in [-0.4, -0.2) is 69.6 Å². The third kappa shape index (κ3) is 4.54. The quantitative estimate of drug-likeness (QED) is 0.365. The lowest BCUT2D eigenvalue weighted by Gasteiger charge is -2.25. The first-order valence-electron chi connectivity index (χ1n) is 6.29. The number of rotatable bonds is 7. The van der Waals surface area contributed by atoms with E-state index in [9.17, 15) is 25.2 Å². The van der Waals surface area contributed by atoms with Crippen molar-refractivity contribution < 1.29 is 35.1 Å². The smallest absolute Gasteiger partial charge is 0.256 e. The Balaban J connectivity index is 2.80. The van der Waals surface area contributed by atoms with Crippen molar-refractivity contribution in [1.29, 1.82) is 0 Å². The van der Waals surface area contributed by atoms with Crippen molar-refractivity contribution >= 4 is 23.2 Å². The van der Waals surface area contributed by atoms with Crippen LogP contribution in [0.4, 0.5) is 5.69 Å². The van der Waals surface area contributed by atoms with Gasteiger partial charge in [0.05, 0.1) is 19.4 Å². The summed E-state index contributed by atoms with van der Waals surface area (Å²) in [6.07, 6.45) is -7.60. The van der Waals surface area contributed by atoms with E-state index in [2.05, 4.69) is 5.32 Å². The van der Waals surface area contributed by atoms with Crippen molar-refractivity contribution in [3.63, 3.8) is 0 Å². The lowest BCUT2D eigenvalue weighted by Crippen LogP contribution is -2.50. The number of hydrogen-bond acceptors (Lipinski definition) is 7. The lowest BCUT2D eigenvalue weighted by molar-refractivity contribution is -0.144. The first kappa shape index (κ1) is 18.6. The van der Waals surface area contributed by atoms with Gasteiger partial charge in [0.2, 0.25) is 0 Å². The number of amides is 1. The van der Waals surface area contributed by atoms with Crippen LogP contribution in [0.15, 0.2) is 18.2 Å². The first-order chi connectivity index (χ1) is 10.3. The van der Waals surface area contributed by atoms with Crippen LogP contribution >= 0.6 is 11.6 Å². The summed E-state index contributed by atoms with van der Waals surface area (Å²) in [7, 11) is 1.36. The molecule has 0 bridgehead atoms. The molecule has 4 atom stereocenters. The minimum Gasteiger partial charge on any atom is -0.495 e. The van der Waals surface area contributed by atoms with Gasteiger partial charge in [-0.3, -0.25) is 4.79 Å². The highest BCUT2D eigenvalue weighted by molar-refractivity contribution is 6.30. The second-order valence-corrected chi connectivity index (χ2v) is 4.95. The van der Waals surface area contributed by atoms with Gasteiger partial charge in [0.15, 0.2) is 6.10 Å². The summed E-state index contributed by atoms with van der Waals surface area (Å²) < 4.78 is 5.00. The normalized spacial score (nSPS) is 16.5. The van der Waals surface area contributed by atoms with E-state index in [0.717, 1.165) is 0 Å². The fourth-order valence-electron chi connectivity index (χ4n) is 1.65. The van der Waals surface area contributed by atoms with Crippen molar-refractivity contribution in [1.82, 2.24) is 0 Å². The fraction of sp³-hybridized carbons (Fsp3) is 0.462. The summed E-state index contributed by atoms with van der Waals surface area (Å²) in [5.41, 5.74) is 0.195. The molecule has 0 unspecified atom stereocenters. The van der Waals surface area contributed by atoms with Crippen LogP contribution < -0.4 is 10.1 Å². The Bertz CT molecular complexity index is 513. The number of ether oxygens (including phenoxy) is 1. The van der Waals surface area contributed by atoms with E-state index in [0.29, 0.717) is 5.02 Å². The number of halogens is 1. The molecular weight excluding hydrogens is 318 g/mol. The number of methoxy groups -OCH3 is 1. The molecule has 0 saturated heterocycles. The summed E-state index contributed by atoms with van der Waals surface area (Å²) in [6, 6.07) is 4.34. The number of anilines is 1. The van der Waals surface area contributed by atoms with Gasteiger partial charge in [0.25, 0.3) is 5.91 Å². The summed E-state index contributed by atoms with van der Waals surface area (Å²) >= 11 is 5.77. The zero-order chi connectivity index (χ0) is 16.9. The van der Waals surface area contributed by atoms with E-state index in [1.807, 2.05) is 0 Å². The molecule has 0 radical (unpaired) electrons. The maximum Gasteiger partial charge on any atom is 0.256 e. The molecule has 22 heavy (non-hydrogen) atoms. The van der Waals surface area contributed by atoms with E-state index in [1.165, 1.54) is 25.3 Å². The Hall–Kier alpha value is -1.42. The van der Waals surface area contributed by atoms with Gasteiger partial charge in [0, 0.05) is 11.1 Å². The van der Waals surface area contributed by atoms with E-state index < -0.39 is 36.9 Å². The van der Waals surface area contributed by atoms with Crippen molar-refractivity contribution in [3.8, 4) is 5.75 Å². The molecule has 8 nitrogen and oxygen atoms in total. The average Bonchev–Trinajstić information content (AvgIpc) is 2.53. The Labute approximate surface area is 131 Å². The summed E-state index contributed by atoms with van der Waals surface area (Å²) in [5, 5.41) is 49.3.